The van der Waals surface area contributed by atoms with Crippen LogP contribution in [0, 0.1) is 0 Å². The maximum atomic E-state index is 12.6. The first-order chi connectivity index (χ1) is 12.2. The standard InChI is InChI=1S/C17H19NO6S2/c1-12(13-3-5-14(6-4-13)25(2,19)20)18-26(21,22)15-7-8-16-17(11-15)24-10-9-23-16/h3-8,11-12,18H,9-10H2,1-2H3. The fourth-order valence-electron chi connectivity index (χ4n) is 2.56. The molecule has 0 bridgehead atoms. The number of sulfone groups is 1. The average Bonchev–Trinajstić information content (AvgIpc) is 2.60. The molecule has 0 aromatic heterocycles. The number of ether oxygens (including phenoxy) is 2. The van der Waals surface area contributed by atoms with Crippen LogP contribution >= 0.6 is 0 Å². The Labute approximate surface area is 152 Å². The van der Waals surface area contributed by atoms with Crippen LogP contribution in [-0.4, -0.2) is 36.3 Å². The number of fused-ring (bicyclic) bond motifs is 1. The number of sulfonamides is 1. The second kappa shape index (κ2) is 6.90. The van der Waals surface area contributed by atoms with E-state index in [1.807, 2.05) is 0 Å². The molecule has 1 aliphatic heterocycles. The van der Waals surface area contributed by atoms with Crippen molar-refractivity contribution in [3.05, 3.63) is 48.0 Å². The summed E-state index contributed by atoms with van der Waals surface area (Å²) in [6.07, 6.45) is 1.12. The molecule has 3 rings (SSSR count). The third-order valence-corrected chi connectivity index (χ3v) is 6.63. The van der Waals surface area contributed by atoms with Gasteiger partial charge >= 0.3 is 0 Å². The van der Waals surface area contributed by atoms with E-state index in [-0.39, 0.29) is 9.79 Å². The minimum atomic E-state index is -3.78. The first kappa shape index (κ1) is 18.7. The highest BCUT2D eigenvalue weighted by Gasteiger charge is 2.22. The highest BCUT2D eigenvalue weighted by Crippen LogP contribution is 2.32. The van der Waals surface area contributed by atoms with E-state index >= 15 is 0 Å². The molecule has 0 aliphatic carbocycles. The van der Waals surface area contributed by atoms with Crippen molar-refractivity contribution in [3.8, 4) is 11.5 Å². The van der Waals surface area contributed by atoms with Crippen LogP contribution in [0.5, 0.6) is 11.5 Å². The Kier molecular flexibility index (Phi) is 4.96. The summed E-state index contributed by atoms with van der Waals surface area (Å²) in [5, 5.41) is 0. The molecule has 0 radical (unpaired) electrons. The van der Waals surface area contributed by atoms with Crippen molar-refractivity contribution in [2.45, 2.75) is 22.8 Å². The molecule has 2 aromatic rings. The minimum absolute atomic E-state index is 0.0707. The van der Waals surface area contributed by atoms with Gasteiger partial charge in [0.05, 0.1) is 9.79 Å². The van der Waals surface area contributed by atoms with E-state index in [0.29, 0.717) is 30.3 Å². The van der Waals surface area contributed by atoms with Gasteiger partial charge in [0.2, 0.25) is 10.0 Å². The lowest BCUT2D eigenvalue weighted by molar-refractivity contribution is 0.171. The first-order valence-electron chi connectivity index (χ1n) is 7.89. The summed E-state index contributed by atoms with van der Waals surface area (Å²) in [5.41, 5.74) is 0.651. The van der Waals surface area contributed by atoms with Gasteiger partial charge < -0.3 is 9.47 Å². The molecule has 9 heteroatoms. The molecule has 0 spiro atoms. The third-order valence-electron chi connectivity index (χ3n) is 3.96. The summed E-state index contributed by atoms with van der Waals surface area (Å²) < 4.78 is 61.7. The molecular formula is C17H19NO6S2. The number of nitrogens with one attached hydrogen (secondary N) is 1. The Morgan fingerprint density at radius 2 is 1.46 bits per heavy atom. The highest BCUT2D eigenvalue weighted by atomic mass is 32.2. The van der Waals surface area contributed by atoms with Crippen LogP contribution < -0.4 is 14.2 Å². The fraction of sp³-hybridized carbons (Fsp3) is 0.294. The van der Waals surface area contributed by atoms with Gasteiger partial charge in [-0.2, -0.15) is 0 Å². The molecule has 1 N–H and O–H groups in total. The molecule has 7 nitrogen and oxygen atoms in total. The molecule has 140 valence electrons. The number of rotatable bonds is 5. The van der Waals surface area contributed by atoms with Gasteiger partial charge in [0.25, 0.3) is 0 Å². The van der Waals surface area contributed by atoms with Crippen molar-refractivity contribution < 1.29 is 26.3 Å². The topological polar surface area (TPSA) is 98.8 Å². The zero-order valence-corrected chi connectivity index (χ0v) is 15.9. The molecule has 2 aromatic carbocycles. The summed E-state index contributed by atoms with van der Waals surface area (Å²) in [6, 6.07) is 10.0. The molecule has 0 fully saturated rings. The summed E-state index contributed by atoms with van der Waals surface area (Å²) in [5.74, 6) is 0.906. The second-order valence-electron chi connectivity index (χ2n) is 5.99. The Bertz CT molecular complexity index is 1010. The van der Waals surface area contributed by atoms with Crippen molar-refractivity contribution in [3.63, 3.8) is 0 Å². The fourth-order valence-corrected chi connectivity index (χ4v) is 4.44. The van der Waals surface area contributed by atoms with Gasteiger partial charge in [-0.05, 0) is 36.8 Å². The van der Waals surface area contributed by atoms with Crippen molar-refractivity contribution in [1.29, 1.82) is 0 Å². The largest absolute Gasteiger partial charge is 0.486 e. The molecule has 0 amide bonds. The Balaban J connectivity index is 1.80. The van der Waals surface area contributed by atoms with Crippen LogP contribution in [0.2, 0.25) is 0 Å². The van der Waals surface area contributed by atoms with E-state index in [1.54, 1.807) is 25.1 Å². The third kappa shape index (κ3) is 4.00. The summed E-state index contributed by atoms with van der Waals surface area (Å²) >= 11 is 0. The summed E-state index contributed by atoms with van der Waals surface area (Å²) in [4.78, 5) is 0.254. The zero-order chi connectivity index (χ0) is 18.9. The van der Waals surface area contributed by atoms with Crippen LogP contribution in [-0.2, 0) is 19.9 Å². The van der Waals surface area contributed by atoms with Gasteiger partial charge in [0.15, 0.2) is 21.3 Å². The lowest BCUT2D eigenvalue weighted by atomic mass is 10.1. The Morgan fingerprint density at radius 1 is 0.885 bits per heavy atom. The maximum Gasteiger partial charge on any atom is 0.241 e. The predicted octanol–water partition coefficient (Wildman–Crippen LogP) is 1.90. The average molecular weight is 397 g/mol. The van der Waals surface area contributed by atoms with Crippen LogP contribution in [0.15, 0.2) is 52.3 Å². The highest BCUT2D eigenvalue weighted by molar-refractivity contribution is 7.90. The van der Waals surface area contributed by atoms with E-state index in [1.165, 1.54) is 24.3 Å². The predicted molar refractivity (Wildman–Crippen MR) is 95.7 cm³/mol. The number of hydrogen-bond donors (Lipinski definition) is 1. The van der Waals surface area contributed by atoms with Crippen LogP contribution in [0.3, 0.4) is 0 Å². The van der Waals surface area contributed by atoms with Gasteiger partial charge in [-0.3, -0.25) is 0 Å². The van der Waals surface area contributed by atoms with E-state index in [2.05, 4.69) is 4.72 Å². The van der Waals surface area contributed by atoms with Gasteiger partial charge in [-0.1, -0.05) is 12.1 Å². The second-order valence-corrected chi connectivity index (χ2v) is 9.72. The lowest BCUT2D eigenvalue weighted by Gasteiger charge is -2.20. The normalized spacial score (nSPS) is 15.5. The molecule has 1 heterocycles. The smallest absolute Gasteiger partial charge is 0.241 e. The Morgan fingerprint density at radius 3 is 2.08 bits per heavy atom. The van der Waals surface area contributed by atoms with E-state index in [0.717, 1.165) is 6.26 Å². The zero-order valence-electron chi connectivity index (χ0n) is 14.3. The van der Waals surface area contributed by atoms with E-state index < -0.39 is 25.9 Å². The number of hydrogen-bond acceptors (Lipinski definition) is 6. The SMILES string of the molecule is CC(NS(=O)(=O)c1ccc2c(c1)OCCO2)c1ccc(S(C)(=O)=O)cc1. The van der Waals surface area contributed by atoms with Crippen molar-refractivity contribution in [1.82, 2.24) is 4.72 Å². The lowest BCUT2D eigenvalue weighted by Crippen LogP contribution is -2.27. The molecule has 0 saturated carbocycles. The van der Waals surface area contributed by atoms with Crippen LogP contribution in [0.25, 0.3) is 0 Å². The van der Waals surface area contributed by atoms with Crippen molar-refractivity contribution >= 4 is 19.9 Å². The molecule has 0 saturated heterocycles. The van der Waals surface area contributed by atoms with Gasteiger partial charge in [-0.15, -0.1) is 0 Å². The summed E-state index contributed by atoms with van der Waals surface area (Å²) in [6.45, 7) is 2.48. The molecule has 26 heavy (non-hydrogen) atoms. The molecule has 1 aliphatic rings. The van der Waals surface area contributed by atoms with Crippen LogP contribution in [0.4, 0.5) is 0 Å². The monoisotopic (exact) mass is 397 g/mol. The minimum Gasteiger partial charge on any atom is -0.486 e. The van der Waals surface area contributed by atoms with Gasteiger partial charge in [0, 0.05) is 18.4 Å². The van der Waals surface area contributed by atoms with Gasteiger partial charge in [0.1, 0.15) is 13.2 Å². The molecule has 1 atom stereocenters. The van der Waals surface area contributed by atoms with Gasteiger partial charge in [-0.25, -0.2) is 21.6 Å². The maximum absolute atomic E-state index is 12.6. The first-order valence-corrected chi connectivity index (χ1v) is 11.3. The van der Waals surface area contributed by atoms with Crippen molar-refractivity contribution in [2.24, 2.45) is 0 Å². The Hall–Kier alpha value is -2.10. The van der Waals surface area contributed by atoms with Crippen molar-refractivity contribution in [2.75, 3.05) is 19.5 Å². The number of benzene rings is 2. The molecule has 1 unspecified atom stereocenters. The summed E-state index contributed by atoms with van der Waals surface area (Å²) in [7, 11) is -7.08. The van der Waals surface area contributed by atoms with E-state index in [9.17, 15) is 16.8 Å². The van der Waals surface area contributed by atoms with E-state index in [4.69, 9.17) is 9.47 Å². The molecular weight excluding hydrogens is 378 g/mol. The van der Waals surface area contributed by atoms with Crippen LogP contribution in [0.1, 0.15) is 18.5 Å². The quantitative estimate of drug-likeness (QED) is 0.827.